The first kappa shape index (κ1) is 14.8. The molecule has 0 saturated heterocycles. The van der Waals surface area contributed by atoms with Crippen LogP contribution in [0.2, 0.25) is 0 Å². The smallest absolute Gasteiger partial charge is 0.427 e. The van der Waals surface area contributed by atoms with E-state index in [2.05, 4.69) is 34.0 Å². The lowest BCUT2D eigenvalue weighted by Crippen LogP contribution is -2.21. The number of hydrogen-bond acceptors (Lipinski definition) is 5. The molecule has 1 aromatic rings. The van der Waals surface area contributed by atoms with Crippen molar-refractivity contribution in [3.8, 4) is 5.75 Å². The van der Waals surface area contributed by atoms with E-state index in [-0.39, 0.29) is 5.75 Å². The maximum atomic E-state index is 10.8. The first-order valence-electron chi connectivity index (χ1n) is 6.07. The fourth-order valence-corrected chi connectivity index (χ4v) is 1.63. The van der Waals surface area contributed by atoms with Gasteiger partial charge in [-0.05, 0) is 26.0 Å². The van der Waals surface area contributed by atoms with Crippen molar-refractivity contribution < 1.29 is 14.6 Å². The van der Waals surface area contributed by atoms with Gasteiger partial charge >= 0.3 is 6.09 Å². The van der Waals surface area contributed by atoms with Crippen molar-refractivity contribution in [2.45, 2.75) is 13.8 Å². The summed E-state index contributed by atoms with van der Waals surface area (Å²) in [7, 11) is 1.25. The minimum absolute atomic E-state index is 0.111. The number of aromatic hydroxyl groups is 1. The third-order valence-corrected chi connectivity index (χ3v) is 2.69. The average Bonchev–Trinajstić information content (AvgIpc) is 2.42. The van der Waals surface area contributed by atoms with Crippen molar-refractivity contribution in [3.05, 3.63) is 23.8 Å². The van der Waals surface area contributed by atoms with Gasteiger partial charge in [-0.2, -0.15) is 5.10 Å². The standard InChI is InChI=1S/C13H19N3O3/c1-4-16(5-2)11-7-6-10(12(17)8-11)9-14-15-13(18)19-3/h6-9,17H,4-5H2,1-3H3,(H,15,18)/b14-9+. The van der Waals surface area contributed by atoms with Crippen molar-refractivity contribution in [2.24, 2.45) is 5.10 Å². The Morgan fingerprint density at radius 3 is 2.68 bits per heavy atom. The van der Waals surface area contributed by atoms with Crippen molar-refractivity contribution in [1.82, 2.24) is 5.43 Å². The predicted molar refractivity (Wildman–Crippen MR) is 74.8 cm³/mol. The zero-order valence-corrected chi connectivity index (χ0v) is 11.4. The van der Waals surface area contributed by atoms with E-state index in [1.807, 2.05) is 6.07 Å². The molecule has 0 bridgehead atoms. The second kappa shape index (κ2) is 7.25. The van der Waals surface area contributed by atoms with Gasteiger partial charge in [0.1, 0.15) is 5.75 Å². The fraction of sp³-hybridized carbons (Fsp3) is 0.385. The van der Waals surface area contributed by atoms with Crippen LogP contribution in [0.15, 0.2) is 23.3 Å². The molecule has 2 N–H and O–H groups in total. The number of benzene rings is 1. The molecule has 1 aromatic carbocycles. The van der Waals surface area contributed by atoms with Gasteiger partial charge in [-0.1, -0.05) is 0 Å². The van der Waals surface area contributed by atoms with Crippen LogP contribution in [0.1, 0.15) is 19.4 Å². The minimum Gasteiger partial charge on any atom is -0.507 e. The van der Waals surface area contributed by atoms with Gasteiger partial charge in [-0.25, -0.2) is 10.2 Å². The highest BCUT2D eigenvalue weighted by Gasteiger charge is 2.05. The van der Waals surface area contributed by atoms with E-state index < -0.39 is 6.09 Å². The Kier molecular flexibility index (Phi) is 5.66. The molecule has 0 heterocycles. The Morgan fingerprint density at radius 1 is 1.47 bits per heavy atom. The van der Waals surface area contributed by atoms with Crippen LogP contribution < -0.4 is 10.3 Å². The number of phenols is 1. The number of hydrogen-bond donors (Lipinski definition) is 2. The Labute approximate surface area is 112 Å². The molecule has 0 saturated carbocycles. The quantitative estimate of drug-likeness (QED) is 0.630. The highest BCUT2D eigenvalue weighted by molar-refractivity contribution is 5.85. The van der Waals surface area contributed by atoms with Gasteiger partial charge in [-0.15, -0.1) is 0 Å². The molecule has 0 aliphatic carbocycles. The third kappa shape index (κ3) is 4.17. The van der Waals surface area contributed by atoms with E-state index >= 15 is 0 Å². The lowest BCUT2D eigenvalue weighted by atomic mass is 10.2. The molecular weight excluding hydrogens is 246 g/mol. The molecule has 1 rings (SSSR count). The molecule has 0 aliphatic heterocycles. The van der Waals surface area contributed by atoms with E-state index in [4.69, 9.17) is 0 Å². The van der Waals surface area contributed by atoms with E-state index in [1.165, 1.54) is 13.3 Å². The lowest BCUT2D eigenvalue weighted by Gasteiger charge is -2.21. The fourth-order valence-electron chi connectivity index (χ4n) is 1.63. The Hall–Kier alpha value is -2.24. The van der Waals surface area contributed by atoms with Crippen LogP contribution in [0.3, 0.4) is 0 Å². The molecule has 0 atom stereocenters. The highest BCUT2D eigenvalue weighted by Crippen LogP contribution is 2.23. The predicted octanol–water partition coefficient (Wildman–Crippen LogP) is 1.93. The summed E-state index contributed by atoms with van der Waals surface area (Å²) in [5.74, 6) is 0.111. The number of ether oxygens (including phenoxy) is 1. The van der Waals surface area contributed by atoms with Crippen LogP contribution >= 0.6 is 0 Å². The minimum atomic E-state index is -0.657. The van der Waals surface area contributed by atoms with Gasteiger partial charge in [-0.3, -0.25) is 0 Å². The molecular formula is C13H19N3O3. The molecule has 0 radical (unpaired) electrons. The number of anilines is 1. The summed E-state index contributed by atoms with van der Waals surface area (Å²) in [4.78, 5) is 12.9. The van der Waals surface area contributed by atoms with Gasteiger partial charge in [0.25, 0.3) is 0 Å². The van der Waals surface area contributed by atoms with Gasteiger partial charge in [0.15, 0.2) is 0 Å². The average molecular weight is 265 g/mol. The van der Waals surface area contributed by atoms with Crippen LogP contribution in [0.25, 0.3) is 0 Å². The molecule has 19 heavy (non-hydrogen) atoms. The molecule has 6 heteroatoms. The topological polar surface area (TPSA) is 74.2 Å². The van der Waals surface area contributed by atoms with Gasteiger partial charge in [0.05, 0.1) is 13.3 Å². The summed E-state index contributed by atoms with van der Waals surface area (Å²) in [5, 5.41) is 13.6. The monoisotopic (exact) mass is 265 g/mol. The number of nitrogens with one attached hydrogen (secondary N) is 1. The first-order chi connectivity index (χ1) is 9.12. The molecule has 0 spiro atoms. The van der Waals surface area contributed by atoms with E-state index in [0.29, 0.717) is 5.56 Å². The van der Waals surface area contributed by atoms with Gasteiger partial charge < -0.3 is 14.7 Å². The summed E-state index contributed by atoms with van der Waals surface area (Å²) in [6, 6.07) is 5.31. The summed E-state index contributed by atoms with van der Waals surface area (Å²) < 4.78 is 4.37. The maximum Gasteiger partial charge on any atom is 0.427 e. The summed E-state index contributed by atoms with van der Waals surface area (Å²) in [6.07, 6.45) is 0.702. The van der Waals surface area contributed by atoms with Crippen LogP contribution in [0.5, 0.6) is 5.75 Å². The summed E-state index contributed by atoms with van der Waals surface area (Å²) >= 11 is 0. The number of amides is 1. The third-order valence-electron chi connectivity index (χ3n) is 2.69. The SMILES string of the molecule is CCN(CC)c1ccc(/C=N/NC(=O)OC)c(O)c1. The molecule has 0 aromatic heterocycles. The second-order valence-corrected chi connectivity index (χ2v) is 3.78. The first-order valence-corrected chi connectivity index (χ1v) is 6.07. The van der Waals surface area contributed by atoms with Crippen molar-refractivity contribution in [1.29, 1.82) is 0 Å². The van der Waals surface area contributed by atoms with Crippen LogP contribution in [0, 0.1) is 0 Å². The van der Waals surface area contributed by atoms with E-state index in [0.717, 1.165) is 18.8 Å². The normalized spacial score (nSPS) is 10.5. The number of carbonyl (C=O) groups excluding carboxylic acids is 1. The Bertz CT molecular complexity index is 456. The van der Waals surface area contributed by atoms with Gasteiger partial charge in [0, 0.05) is 30.4 Å². The molecule has 1 amide bonds. The van der Waals surface area contributed by atoms with Crippen molar-refractivity contribution in [2.75, 3.05) is 25.1 Å². The molecule has 0 fully saturated rings. The Balaban J connectivity index is 2.80. The number of nitrogens with zero attached hydrogens (tertiary/aromatic N) is 2. The van der Waals surface area contributed by atoms with Gasteiger partial charge in [0.2, 0.25) is 0 Å². The number of hydrazone groups is 1. The van der Waals surface area contributed by atoms with Crippen molar-refractivity contribution in [3.63, 3.8) is 0 Å². The van der Waals surface area contributed by atoms with Crippen LogP contribution in [-0.2, 0) is 4.74 Å². The lowest BCUT2D eigenvalue weighted by molar-refractivity contribution is 0.171. The zero-order valence-electron chi connectivity index (χ0n) is 11.4. The number of rotatable bonds is 5. The maximum absolute atomic E-state index is 10.8. The van der Waals surface area contributed by atoms with Crippen molar-refractivity contribution >= 4 is 18.0 Å². The zero-order chi connectivity index (χ0) is 14.3. The Morgan fingerprint density at radius 2 is 2.16 bits per heavy atom. The second-order valence-electron chi connectivity index (χ2n) is 3.78. The molecule has 0 unspecified atom stereocenters. The summed E-state index contributed by atoms with van der Waals surface area (Å²) in [5.41, 5.74) is 3.62. The summed E-state index contributed by atoms with van der Waals surface area (Å²) in [6.45, 7) is 5.84. The van der Waals surface area contributed by atoms with E-state index in [1.54, 1.807) is 12.1 Å². The highest BCUT2D eigenvalue weighted by atomic mass is 16.5. The number of phenolic OH excluding ortho intramolecular Hbond substituents is 1. The number of methoxy groups -OCH3 is 1. The number of carbonyl (C=O) groups is 1. The molecule has 104 valence electrons. The molecule has 0 aliphatic rings. The van der Waals surface area contributed by atoms with Crippen LogP contribution in [0.4, 0.5) is 10.5 Å². The molecule has 6 nitrogen and oxygen atoms in total. The largest absolute Gasteiger partial charge is 0.507 e. The van der Waals surface area contributed by atoms with E-state index in [9.17, 15) is 9.90 Å². The van der Waals surface area contributed by atoms with Crippen LogP contribution in [-0.4, -0.2) is 37.6 Å².